The van der Waals surface area contributed by atoms with Crippen LogP contribution in [0.1, 0.15) is 33.1 Å². The number of piperidine rings is 1. The van der Waals surface area contributed by atoms with Crippen LogP contribution in [0.2, 0.25) is 0 Å². The van der Waals surface area contributed by atoms with E-state index in [2.05, 4.69) is 42.4 Å². The average molecular weight is 417 g/mol. The van der Waals surface area contributed by atoms with E-state index in [1.807, 2.05) is 6.92 Å². The molecule has 2 aliphatic heterocycles. The van der Waals surface area contributed by atoms with Gasteiger partial charge in [0.05, 0.1) is 0 Å². The number of imide groups is 1. The van der Waals surface area contributed by atoms with Crippen molar-refractivity contribution in [2.45, 2.75) is 39.2 Å². The molecule has 2 aliphatic rings. The summed E-state index contributed by atoms with van der Waals surface area (Å²) >= 11 is 0. The Morgan fingerprint density at radius 2 is 1.80 bits per heavy atom. The predicted molar refractivity (Wildman–Crippen MR) is 121 cm³/mol. The molecule has 0 bridgehead atoms. The first-order valence-corrected chi connectivity index (χ1v) is 10.4. The topological polar surface area (TPSA) is 73.0 Å². The minimum absolute atomic E-state index is 0.377. The highest BCUT2D eigenvalue weighted by molar-refractivity contribution is 6.05. The summed E-state index contributed by atoms with van der Waals surface area (Å²) in [6.07, 6.45) is 7.02. The van der Waals surface area contributed by atoms with Crippen molar-refractivity contribution in [3.05, 3.63) is 48.2 Å². The highest BCUT2D eigenvalue weighted by atomic mass is 16.2. The number of hydrogen-bond donors (Lipinski definition) is 1. The van der Waals surface area contributed by atoms with Crippen molar-refractivity contribution in [3.63, 3.8) is 0 Å². The van der Waals surface area contributed by atoms with Gasteiger partial charge in [-0.3, -0.25) is 19.3 Å². The largest absolute Gasteiger partial charge is 0.329 e. The Bertz CT molecular complexity index is 693. The van der Waals surface area contributed by atoms with Gasteiger partial charge in [0, 0.05) is 37.4 Å². The molecule has 0 saturated carbocycles. The Hall–Kier alpha value is -2.51. The Kier molecular flexibility index (Phi) is 11.0. The van der Waals surface area contributed by atoms with Crippen molar-refractivity contribution in [2.75, 3.05) is 40.3 Å². The maximum absolute atomic E-state index is 12.7. The number of carbonyl (C=O) groups is 3. The fraction of sp³-hybridized carbons (Fsp3) is 0.522. The highest BCUT2D eigenvalue weighted by Gasteiger charge is 2.34. The number of likely N-dealkylation sites (N-methyl/N-ethyl adjacent to an activating group) is 2. The molecule has 30 heavy (non-hydrogen) atoms. The van der Waals surface area contributed by atoms with E-state index in [9.17, 15) is 14.4 Å². The molecule has 1 N–H and O–H groups in total. The zero-order valence-electron chi connectivity index (χ0n) is 18.8. The summed E-state index contributed by atoms with van der Waals surface area (Å²) in [4.78, 5) is 41.7. The second kappa shape index (κ2) is 12.9. The number of amides is 3. The molecule has 166 valence electrons. The van der Waals surface area contributed by atoms with E-state index in [-0.39, 0.29) is 5.91 Å². The van der Waals surface area contributed by atoms with Gasteiger partial charge in [-0.2, -0.15) is 0 Å². The fourth-order valence-electron chi connectivity index (χ4n) is 3.22. The van der Waals surface area contributed by atoms with Crippen LogP contribution in [-0.4, -0.2) is 79.2 Å². The highest BCUT2D eigenvalue weighted by Crippen LogP contribution is 2.20. The van der Waals surface area contributed by atoms with E-state index in [0.29, 0.717) is 42.5 Å². The third-order valence-electron chi connectivity index (χ3n) is 5.16. The van der Waals surface area contributed by atoms with E-state index in [1.54, 1.807) is 25.2 Å². The second-order valence-electron chi connectivity index (χ2n) is 7.68. The monoisotopic (exact) mass is 416 g/mol. The standard InChI is InChI=1S/C17H22N2O3.C6H14N2/c1-5-7-12(3)14(8-6-2)17(22)19(11-20)15-10-9-13(4)18-16(15)21;1-7-3-5-8(2)6-4-7/h5,7-8,11,15H,1,4,6,9-10H2,2-3H3,(H,18,21);3-6H2,1-2H3/b12-7-,14-8+;. The van der Waals surface area contributed by atoms with Gasteiger partial charge in [-0.1, -0.05) is 38.3 Å². The predicted octanol–water partition coefficient (Wildman–Crippen LogP) is 2.10. The summed E-state index contributed by atoms with van der Waals surface area (Å²) in [5.41, 5.74) is 1.72. The molecule has 0 aromatic rings. The molecule has 2 heterocycles. The molecule has 0 radical (unpaired) electrons. The Balaban J connectivity index is 0.000000467. The lowest BCUT2D eigenvalue weighted by atomic mass is 10.00. The number of carbonyl (C=O) groups excluding carboxylic acids is 3. The smallest absolute Gasteiger partial charge is 0.260 e. The molecular formula is C23H36N4O3. The van der Waals surface area contributed by atoms with Gasteiger partial charge in [-0.25, -0.2) is 0 Å². The third-order valence-corrected chi connectivity index (χ3v) is 5.16. The average Bonchev–Trinajstić information content (AvgIpc) is 2.71. The minimum Gasteiger partial charge on any atom is -0.329 e. The van der Waals surface area contributed by atoms with Gasteiger partial charge in [0.1, 0.15) is 6.04 Å². The summed E-state index contributed by atoms with van der Waals surface area (Å²) in [5.74, 6) is -0.849. The number of hydrogen-bond acceptors (Lipinski definition) is 5. The maximum atomic E-state index is 12.7. The molecule has 7 heteroatoms. The first kappa shape index (κ1) is 25.5. The van der Waals surface area contributed by atoms with Crippen molar-refractivity contribution in [2.24, 2.45) is 0 Å². The van der Waals surface area contributed by atoms with Gasteiger partial charge in [-0.05, 0) is 45.9 Å². The second-order valence-corrected chi connectivity index (χ2v) is 7.68. The van der Waals surface area contributed by atoms with E-state index in [1.165, 1.54) is 26.2 Å². The zero-order chi connectivity index (χ0) is 22.7. The van der Waals surface area contributed by atoms with Crippen molar-refractivity contribution < 1.29 is 14.4 Å². The van der Waals surface area contributed by atoms with Crippen LogP contribution in [0.15, 0.2) is 48.2 Å². The molecular weight excluding hydrogens is 380 g/mol. The lowest BCUT2D eigenvalue weighted by molar-refractivity contribution is -0.144. The lowest BCUT2D eigenvalue weighted by Gasteiger charge is -2.30. The van der Waals surface area contributed by atoms with Gasteiger partial charge in [-0.15, -0.1) is 0 Å². The van der Waals surface area contributed by atoms with Crippen LogP contribution in [0.5, 0.6) is 0 Å². The van der Waals surface area contributed by atoms with E-state index in [0.717, 1.165) is 4.90 Å². The molecule has 2 saturated heterocycles. The van der Waals surface area contributed by atoms with Crippen LogP contribution in [0, 0.1) is 0 Å². The molecule has 0 aromatic heterocycles. The summed E-state index contributed by atoms with van der Waals surface area (Å²) in [7, 11) is 4.35. The SMILES string of the molecule is C=C/C=C(C)\C(=C/CC)C(=O)N(C=O)C1CCC(=C)NC1=O.CN1CCN(C)CC1. The van der Waals surface area contributed by atoms with E-state index in [4.69, 9.17) is 0 Å². The number of rotatable bonds is 6. The third kappa shape index (κ3) is 7.72. The van der Waals surface area contributed by atoms with E-state index >= 15 is 0 Å². The Labute approximate surface area is 180 Å². The lowest BCUT2D eigenvalue weighted by Crippen LogP contribution is -2.51. The van der Waals surface area contributed by atoms with Crippen molar-refractivity contribution >= 4 is 18.2 Å². The Morgan fingerprint density at radius 1 is 1.23 bits per heavy atom. The normalized spacial score (nSPS) is 21.3. The van der Waals surface area contributed by atoms with Gasteiger partial charge in [0.2, 0.25) is 12.3 Å². The number of piperazine rings is 1. The maximum Gasteiger partial charge on any atom is 0.260 e. The minimum atomic E-state index is -0.799. The van der Waals surface area contributed by atoms with Gasteiger partial charge in [0.15, 0.2) is 0 Å². The molecule has 0 aromatic carbocycles. The molecule has 3 amide bonds. The van der Waals surface area contributed by atoms with Crippen LogP contribution in [0.25, 0.3) is 0 Å². The van der Waals surface area contributed by atoms with Gasteiger partial charge >= 0.3 is 0 Å². The first-order chi connectivity index (χ1) is 14.2. The number of allylic oxidation sites excluding steroid dienone is 4. The zero-order valence-corrected chi connectivity index (χ0v) is 18.8. The summed E-state index contributed by atoms with van der Waals surface area (Å²) in [5, 5.41) is 2.59. The van der Waals surface area contributed by atoms with Crippen molar-refractivity contribution in [3.8, 4) is 0 Å². The van der Waals surface area contributed by atoms with Crippen LogP contribution in [0.3, 0.4) is 0 Å². The summed E-state index contributed by atoms with van der Waals surface area (Å²) < 4.78 is 0. The quantitative estimate of drug-likeness (QED) is 0.408. The Morgan fingerprint density at radius 3 is 2.23 bits per heavy atom. The molecule has 1 unspecified atom stereocenters. The number of nitrogens with one attached hydrogen (secondary N) is 1. The van der Waals surface area contributed by atoms with Crippen LogP contribution < -0.4 is 5.32 Å². The van der Waals surface area contributed by atoms with Crippen LogP contribution in [-0.2, 0) is 14.4 Å². The molecule has 2 rings (SSSR count). The van der Waals surface area contributed by atoms with Crippen molar-refractivity contribution in [1.29, 1.82) is 0 Å². The molecule has 0 spiro atoms. The molecule has 2 fully saturated rings. The summed E-state index contributed by atoms with van der Waals surface area (Å²) in [6, 6.07) is -0.799. The van der Waals surface area contributed by atoms with Crippen molar-refractivity contribution in [1.82, 2.24) is 20.0 Å². The van der Waals surface area contributed by atoms with Crippen LogP contribution in [0.4, 0.5) is 0 Å². The molecule has 7 nitrogen and oxygen atoms in total. The van der Waals surface area contributed by atoms with E-state index < -0.39 is 11.9 Å². The number of nitrogens with zero attached hydrogens (tertiary/aromatic N) is 3. The molecule has 1 atom stereocenters. The molecule has 0 aliphatic carbocycles. The fourth-order valence-corrected chi connectivity index (χ4v) is 3.22. The van der Waals surface area contributed by atoms with Crippen LogP contribution >= 0.6 is 0 Å². The van der Waals surface area contributed by atoms with Gasteiger partial charge < -0.3 is 15.1 Å². The summed E-state index contributed by atoms with van der Waals surface area (Å²) in [6.45, 7) is 15.9. The first-order valence-electron chi connectivity index (χ1n) is 10.4. The van der Waals surface area contributed by atoms with Gasteiger partial charge in [0.25, 0.3) is 5.91 Å².